The van der Waals surface area contributed by atoms with E-state index in [1.165, 1.54) is 13.0 Å². The number of anilines is 1. The minimum absolute atomic E-state index is 0.129. The molecular weight excluding hydrogens is 413 g/mol. The van der Waals surface area contributed by atoms with E-state index >= 15 is 0 Å². The molecule has 2 aromatic rings. The van der Waals surface area contributed by atoms with Crippen LogP contribution < -0.4 is 10.3 Å². The Kier molecular flexibility index (Phi) is 5.95. The van der Waals surface area contributed by atoms with Gasteiger partial charge in [-0.1, -0.05) is 0 Å². The van der Waals surface area contributed by atoms with Crippen LogP contribution in [0, 0.1) is 11.7 Å². The summed E-state index contributed by atoms with van der Waals surface area (Å²) in [5, 5.41) is 4.44. The number of thioether (sulfide) groups is 1. The summed E-state index contributed by atoms with van der Waals surface area (Å²) >= 11 is 1.87. The van der Waals surface area contributed by atoms with E-state index in [2.05, 4.69) is 35.2 Å². The molecule has 4 heterocycles. The molecule has 1 aromatic carbocycles. The van der Waals surface area contributed by atoms with Crippen LogP contribution in [0.1, 0.15) is 18.5 Å². The number of benzene rings is 1. The Hall–Kier alpha value is -2.39. The number of fused-ring (bicyclic) bond motifs is 1. The highest BCUT2D eigenvalue weighted by atomic mass is 32.2. The van der Waals surface area contributed by atoms with Gasteiger partial charge >= 0.3 is 0 Å². The second kappa shape index (κ2) is 9.00. The van der Waals surface area contributed by atoms with Gasteiger partial charge in [-0.15, -0.1) is 11.8 Å². The van der Waals surface area contributed by atoms with Gasteiger partial charge in [0.15, 0.2) is 11.3 Å². The molecule has 2 fully saturated rings. The largest absolute Gasteiger partial charge is 0.367 e. The summed E-state index contributed by atoms with van der Waals surface area (Å²) in [5.41, 5.74) is 5.27. The molecule has 0 amide bonds. The summed E-state index contributed by atoms with van der Waals surface area (Å²) in [6.07, 6.45) is 7.47. The molecule has 31 heavy (non-hydrogen) atoms. The van der Waals surface area contributed by atoms with Crippen LogP contribution in [0.15, 0.2) is 48.0 Å². The third kappa shape index (κ3) is 4.34. The quantitative estimate of drug-likeness (QED) is 0.662. The molecule has 1 aromatic heterocycles. The van der Waals surface area contributed by atoms with Crippen LogP contribution in [-0.2, 0) is 0 Å². The zero-order chi connectivity index (χ0) is 21.2. The molecule has 0 spiro atoms. The lowest BCUT2D eigenvalue weighted by Crippen LogP contribution is -2.36. The van der Waals surface area contributed by atoms with Gasteiger partial charge in [0.25, 0.3) is 0 Å². The van der Waals surface area contributed by atoms with E-state index in [4.69, 9.17) is 0 Å². The summed E-state index contributed by atoms with van der Waals surface area (Å²) in [4.78, 5) is 15.7. The number of likely N-dealkylation sites (tertiary alicyclic amines) is 1. The van der Waals surface area contributed by atoms with E-state index in [-0.39, 0.29) is 11.3 Å². The van der Waals surface area contributed by atoms with E-state index in [1.54, 1.807) is 30.7 Å². The lowest BCUT2D eigenvalue weighted by molar-refractivity contribution is 0.318. The normalized spacial score (nSPS) is 25.6. The fourth-order valence-corrected chi connectivity index (χ4v) is 5.83. The van der Waals surface area contributed by atoms with Crippen molar-refractivity contribution in [3.8, 4) is 0 Å². The van der Waals surface area contributed by atoms with Gasteiger partial charge < -0.3 is 14.7 Å². The van der Waals surface area contributed by atoms with Crippen LogP contribution in [0.4, 0.5) is 10.1 Å². The van der Waals surface area contributed by atoms with Crippen molar-refractivity contribution in [2.24, 2.45) is 11.0 Å². The zero-order valence-corrected chi connectivity index (χ0v) is 18.5. The summed E-state index contributed by atoms with van der Waals surface area (Å²) in [7, 11) is 2.04. The van der Waals surface area contributed by atoms with E-state index in [0.29, 0.717) is 6.04 Å². The highest BCUT2D eigenvalue weighted by molar-refractivity contribution is 7.99. The van der Waals surface area contributed by atoms with Gasteiger partial charge in [-0.2, -0.15) is 5.10 Å². The van der Waals surface area contributed by atoms with Crippen molar-refractivity contribution >= 4 is 23.3 Å². The van der Waals surface area contributed by atoms with Crippen molar-refractivity contribution in [3.05, 3.63) is 54.4 Å². The topological polar surface area (TPSA) is 59.9 Å². The van der Waals surface area contributed by atoms with Crippen LogP contribution in [0.25, 0.3) is 0 Å². The minimum Gasteiger partial charge on any atom is -0.367 e. The maximum absolute atomic E-state index is 13.3. The van der Waals surface area contributed by atoms with Gasteiger partial charge in [0.1, 0.15) is 11.5 Å². The van der Waals surface area contributed by atoms with E-state index in [9.17, 15) is 4.39 Å². The first-order chi connectivity index (χ1) is 15.2. The molecule has 9 heteroatoms. The Morgan fingerprint density at radius 2 is 2.06 bits per heavy atom. The first kappa shape index (κ1) is 20.5. The van der Waals surface area contributed by atoms with Gasteiger partial charge in [0, 0.05) is 50.8 Å². The first-order valence-corrected chi connectivity index (χ1v) is 11.9. The number of rotatable bonds is 7. The Labute approximate surface area is 186 Å². The van der Waals surface area contributed by atoms with Gasteiger partial charge in [-0.25, -0.2) is 9.37 Å². The number of nitrogens with zero attached hydrogens (tertiary/aromatic N) is 6. The van der Waals surface area contributed by atoms with Crippen molar-refractivity contribution in [1.29, 1.82) is 0 Å². The maximum Gasteiger partial charge on any atom is 0.178 e. The molecule has 3 atom stereocenters. The maximum atomic E-state index is 13.3. The molecular formula is C22H28FN7S. The predicted molar refractivity (Wildman–Crippen MR) is 122 cm³/mol. The SMILES string of the molecule is CN1C(c2cnccn2)=NNC1SCCCN1CC2CCN(c3ccc(F)cc3)C2C1. The Morgan fingerprint density at radius 3 is 2.87 bits per heavy atom. The average molecular weight is 442 g/mol. The lowest BCUT2D eigenvalue weighted by atomic mass is 10.1. The van der Waals surface area contributed by atoms with Crippen LogP contribution in [0.3, 0.4) is 0 Å². The fourth-order valence-electron chi connectivity index (χ4n) is 4.86. The van der Waals surface area contributed by atoms with Gasteiger partial charge in [0.2, 0.25) is 0 Å². The van der Waals surface area contributed by atoms with Crippen molar-refractivity contribution in [2.75, 3.05) is 43.9 Å². The second-order valence-electron chi connectivity index (χ2n) is 8.39. The van der Waals surface area contributed by atoms with Crippen LogP contribution in [0.5, 0.6) is 0 Å². The molecule has 7 nitrogen and oxygen atoms in total. The Morgan fingerprint density at radius 1 is 1.19 bits per heavy atom. The molecule has 3 unspecified atom stereocenters. The summed E-state index contributed by atoms with van der Waals surface area (Å²) in [5.74, 6) is 2.46. The van der Waals surface area contributed by atoms with Gasteiger partial charge in [-0.3, -0.25) is 10.4 Å². The van der Waals surface area contributed by atoms with Crippen LogP contribution in [0.2, 0.25) is 0 Å². The zero-order valence-electron chi connectivity index (χ0n) is 17.7. The summed E-state index contributed by atoms with van der Waals surface area (Å²) in [6, 6.07) is 7.53. The average Bonchev–Trinajstić information content (AvgIpc) is 3.47. The van der Waals surface area contributed by atoms with Gasteiger partial charge in [0.05, 0.1) is 6.20 Å². The molecule has 0 saturated carbocycles. The third-order valence-electron chi connectivity index (χ3n) is 6.43. The number of hydrogen-bond acceptors (Lipinski definition) is 8. The number of hydrogen-bond donors (Lipinski definition) is 1. The van der Waals surface area contributed by atoms with Gasteiger partial charge in [-0.05, 0) is 55.3 Å². The van der Waals surface area contributed by atoms with E-state index in [1.807, 2.05) is 30.9 Å². The number of amidine groups is 1. The molecule has 1 N–H and O–H groups in total. The summed E-state index contributed by atoms with van der Waals surface area (Å²) < 4.78 is 13.3. The molecule has 0 radical (unpaired) electrons. The highest BCUT2D eigenvalue weighted by Gasteiger charge is 2.41. The molecule has 2 saturated heterocycles. The minimum atomic E-state index is -0.165. The standard InChI is InChI=1S/C22H28FN7S/c1-28-21(19-13-24-8-9-25-19)26-27-22(28)31-12-2-10-29-14-16-7-11-30(20(16)15-29)18-5-3-17(23)4-6-18/h3-6,8-9,13,16,20,22,27H,2,7,10-12,14-15H2,1H3. The molecule has 0 aliphatic carbocycles. The van der Waals surface area contributed by atoms with Crippen molar-refractivity contribution < 1.29 is 4.39 Å². The van der Waals surface area contributed by atoms with Crippen LogP contribution >= 0.6 is 11.8 Å². The Balaban J connectivity index is 1.06. The fraction of sp³-hybridized carbons (Fsp3) is 0.500. The predicted octanol–water partition coefficient (Wildman–Crippen LogP) is 2.43. The highest BCUT2D eigenvalue weighted by Crippen LogP contribution is 2.35. The van der Waals surface area contributed by atoms with Crippen LogP contribution in [-0.4, -0.2) is 76.1 Å². The Bertz CT molecular complexity index is 910. The number of hydrazone groups is 1. The smallest absolute Gasteiger partial charge is 0.178 e. The molecule has 5 rings (SSSR count). The van der Waals surface area contributed by atoms with E-state index in [0.717, 1.165) is 54.9 Å². The summed E-state index contributed by atoms with van der Waals surface area (Å²) in [6.45, 7) is 4.48. The first-order valence-electron chi connectivity index (χ1n) is 10.9. The van der Waals surface area contributed by atoms with Crippen molar-refractivity contribution in [3.63, 3.8) is 0 Å². The number of nitrogens with one attached hydrogen (secondary N) is 1. The molecule has 0 bridgehead atoms. The second-order valence-corrected chi connectivity index (χ2v) is 9.58. The third-order valence-corrected chi connectivity index (χ3v) is 7.70. The number of halogens is 1. The number of aromatic nitrogens is 2. The van der Waals surface area contributed by atoms with Crippen molar-refractivity contribution in [2.45, 2.75) is 24.4 Å². The molecule has 3 aliphatic rings. The molecule has 3 aliphatic heterocycles. The monoisotopic (exact) mass is 441 g/mol. The van der Waals surface area contributed by atoms with E-state index < -0.39 is 0 Å². The molecule has 164 valence electrons. The lowest BCUT2D eigenvalue weighted by Gasteiger charge is -2.27. The van der Waals surface area contributed by atoms with Crippen molar-refractivity contribution in [1.82, 2.24) is 25.2 Å².